The van der Waals surface area contributed by atoms with Crippen molar-refractivity contribution in [3.8, 4) is 0 Å². The number of nitrogens with two attached hydrogens (primary N) is 1. The van der Waals surface area contributed by atoms with Crippen LogP contribution in [0.15, 0.2) is 24.3 Å². The molecular weight excluding hydrogens is 338 g/mol. The highest BCUT2D eigenvalue weighted by Gasteiger charge is 2.58. The number of unbranched alkanes of at least 4 members (excludes halogenated alkanes) is 1. The first kappa shape index (κ1) is 20.7. The van der Waals surface area contributed by atoms with Crippen molar-refractivity contribution in [1.29, 1.82) is 0 Å². The maximum atomic E-state index is 6.33. The van der Waals surface area contributed by atoms with Crippen LogP contribution in [-0.4, -0.2) is 6.04 Å². The van der Waals surface area contributed by atoms with Crippen LogP contribution in [0, 0.1) is 40.4 Å². The maximum Gasteiger partial charge on any atom is 0.00766 e. The van der Waals surface area contributed by atoms with Crippen LogP contribution in [-0.2, 0) is 0 Å². The third-order valence-electron chi connectivity index (χ3n) is 10.2. The predicted molar refractivity (Wildman–Crippen MR) is 121 cm³/mol. The molecule has 4 aliphatic rings. The van der Waals surface area contributed by atoms with Crippen LogP contribution in [0.5, 0.6) is 0 Å². The van der Waals surface area contributed by atoms with Crippen LogP contribution in [0.4, 0.5) is 0 Å². The lowest BCUT2D eigenvalue weighted by Gasteiger charge is -2.58. The topological polar surface area (TPSA) is 26.0 Å². The molecule has 0 heterocycles. The molecule has 0 aromatic rings. The normalized spacial score (nSPS) is 46.1. The molecule has 0 spiro atoms. The molecule has 0 aliphatic heterocycles. The Hall–Kier alpha value is -0.560. The van der Waals surface area contributed by atoms with E-state index in [9.17, 15) is 0 Å². The highest BCUT2D eigenvalue weighted by molar-refractivity contribution is 5.25. The van der Waals surface area contributed by atoms with Crippen LogP contribution in [0.2, 0.25) is 0 Å². The Bertz CT molecular complexity index is 605. The van der Waals surface area contributed by atoms with Crippen LogP contribution < -0.4 is 5.73 Å². The summed E-state index contributed by atoms with van der Waals surface area (Å²) in [6.07, 6.45) is 21.5. The van der Waals surface area contributed by atoms with Gasteiger partial charge in [-0.15, -0.1) is 6.58 Å². The van der Waals surface area contributed by atoms with Gasteiger partial charge in [-0.2, -0.15) is 0 Å². The average Bonchev–Trinajstić information content (AvgIpc) is 3.02. The van der Waals surface area contributed by atoms with E-state index in [0.717, 1.165) is 23.7 Å². The summed E-state index contributed by atoms with van der Waals surface area (Å²) in [6.45, 7) is 11.6. The van der Waals surface area contributed by atoms with Crippen molar-refractivity contribution in [3.63, 3.8) is 0 Å². The average molecular weight is 384 g/mol. The summed E-state index contributed by atoms with van der Waals surface area (Å²) in [4.78, 5) is 0. The molecule has 0 aromatic carbocycles. The molecule has 0 bridgehead atoms. The molecule has 158 valence electrons. The first-order valence-corrected chi connectivity index (χ1v) is 12.5. The molecule has 3 saturated carbocycles. The minimum Gasteiger partial charge on any atom is -0.327 e. The second-order valence-corrected chi connectivity index (χ2v) is 11.6. The Morgan fingerprint density at radius 2 is 1.96 bits per heavy atom. The third-order valence-corrected chi connectivity index (χ3v) is 10.2. The van der Waals surface area contributed by atoms with Crippen molar-refractivity contribution in [2.24, 2.45) is 46.2 Å². The van der Waals surface area contributed by atoms with Crippen LogP contribution in [0.25, 0.3) is 0 Å². The lowest BCUT2D eigenvalue weighted by molar-refractivity contribution is -0.0434. The van der Waals surface area contributed by atoms with Gasteiger partial charge in [-0.3, -0.25) is 0 Å². The molecular formula is C27H45N. The zero-order valence-corrected chi connectivity index (χ0v) is 18.9. The van der Waals surface area contributed by atoms with Gasteiger partial charge < -0.3 is 5.73 Å². The Labute approximate surface area is 174 Å². The van der Waals surface area contributed by atoms with Gasteiger partial charge in [-0.05, 0) is 105 Å². The van der Waals surface area contributed by atoms with Crippen molar-refractivity contribution in [2.45, 2.75) is 104 Å². The van der Waals surface area contributed by atoms with E-state index in [-0.39, 0.29) is 0 Å². The highest BCUT2D eigenvalue weighted by Crippen LogP contribution is 2.66. The largest absolute Gasteiger partial charge is 0.327 e. The fraction of sp³-hybridized carbons (Fsp3) is 0.852. The minimum atomic E-state index is 0.421. The van der Waals surface area contributed by atoms with Crippen molar-refractivity contribution in [3.05, 3.63) is 24.3 Å². The molecule has 0 saturated heterocycles. The van der Waals surface area contributed by atoms with Crippen LogP contribution in [0.3, 0.4) is 0 Å². The molecule has 4 rings (SSSR count). The van der Waals surface area contributed by atoms with Gasteiger partial charge in [-0.1, -0.05) is 51.3 Å². The summed E-state index contributed by atoms with van der Waals surface area (Å²) < 4.78 is 0. The SMILES string of the molecule is C=CC(C)CCCCC1CCC2C3CC=C4CC(N)CCC4(C)C3CCC12C. The van der Waals surface area contributed by atoms with Gasteiger partial charge in [0, 0.05) is 6.04 Å². The molecule has 1 heteroatoms. The Morgan fingerprint density at radius 1 is 1.14 bits per heavy atom. The van der Waals surface area contributed by atoms with Gasteiger partial charge >= 0.3 is 0 Å². The Morgan fingerprint density at radius 3 is 2.75 bits per heavy atom. The molecule has 8 unspecified atom stereocenters. The molecule has 1 nitrogen and oxygen atoms in total. The summed E-state index contributed by atoms with van der Waals surface area (Å²) >= 11 is 0. The van der Waals surface area contributed by atoms with Crippen LogP contribution >= 0.6 is 0 Å². The minimum absolute atomic E-state index is 0.421. The molecule has 2 N–H and O–H groups in total. The number of rotatable bonds is 6. The fourth-order valence-electron chi connectivity index (χ4n) is 8.25. The van der Waals surface area contributed by atoms with E-state index in [1.54, 1.807) is 5.57 Å². The second-order valence-electron chi connectivity index (χ2n) is 11.6. The maximum absolute atomic E-state index is 6.33. The quantitative estimate of drug-likeness (QED) is 0.378. The predicted octanol–water partition coefficient (Wildman–Crippen LogP) is 7.28. The summed E-state index contributed by atoms with van der Waals surface area (Å²) in [6, 6.07) is 0.421. The molecule has 0 radical (unpaired) electrons. The molecule has 0 amide bonds. The summed E-state index contributed by atoms with van der Waals surface area (Å²) in [7, 11) is 0. The second kappa shape index (κ2) is 7.93. The highest BCUT2D eigenvalue weighted by atomic mass is 14.7. The third kappa shape index (κ3) is 3.44. The monoisotopic (exact) mass is 383 g/mol. The van der Waals surface area contributed by atoms with E-state index in [1.165, 1.54) is 77.0 Å². The van der Waals surface area contributed by atoms with E-state index < -0.39 is 0 Å². The summed E-state index contributed by atoms with van der Waals surface area (Å²) in [5.41, 5.74) is 9.16. The number of allylic oxidation sites excluding steroid dienone is 2. The Balaban J connectivity index is 1.43. The van der Waals surface area contributed by atoms with E-state index >= 15 is 0 Å². The molecule has 28 heavy (non-hydrogen) atoms. The van der Waals surface area contributed by atoms with Gasteiger partial charge in [0.05, 0.1) is 0 Å². The van der Waals surface area contributed by atoms with Crippen molar-refractivity contribution in [1.82, 2.24) is 0 Å². The van der Waals surface area contributed by atoms with Gasteiger partial charge in [0.2, 0.25) is 0 Å². The first-order chi connectivity index (χ1) is 13.4. The van der Waals surface area contributed by atoms with E-state index in [4.69, 9.17) is 5.73 Å². The lowest BCUT2D eigenvalue weighted by Crippen LogP contribution is -2.51. The summed E-state index contributed by atoms with van der Waals surface area (Å²) in [5.74, 6) is 4.54. The molecule has 3 fully saturated rings. The van der Waals surface area contributed by atoms with Crippen molar-refractivity contribution >= 4 is 0 Å². The first-order valence-electron chi connectivity index (χ1n) is 12.5. The zero-order valence-electron chi connectivity index (χ0n) is 18.9. The van der Waals surface area contributed by atoms with Gasteiger partial charge in [0.15, 0.2) is 0 Å². The Kier molecular flexibility index (Phi) is 5.87. The van der Waals surface area contributed by atoms with Gasteiger partial charge in [0.1, 0.15) is 0 Å². The molecule has 8 atom stereocenters. The number of fused-ring (bicyclic) bond motifs is 5. The van der Waals surface area contributed by atoms with E-state index in [1.807, 2.05) is 0 Å². The van der Waals surface area contributed by atoms with E-state index in [0.29, 0.717) is 22.8 Å². The standard InChI is InChI=1S/C27H45N/c1-5-19(2)8-6-7-9-20-11-13-24-23-12-10-21-18-22(28)14-16-27(21,4)25(23)15-17-26(20,24)3/h5,10,19-20,22-25H,1,6-9,11-18,28H2,2-4H3. The fourth-order valence-corrected chi connectivity index (χ4v) is 8.25. The molecule has 0 aromatic heterocycles. The smallest absolute Gasteiger partial charge is 0.00766 e. The lowest BCUT2D eigenvalue weighted by atomic mass is 9.47. The zero-order chi connectivity index (χ0) is 19.9. The van der Waals surface area contributed by atoms with Crippen molar-refractivity contribution < 1.29 is 0 Å². The van der Waals surface area contributed by atoms with Crippen molar-refractivity contribution in [2.75, 3.05) is 0 Å². The number of hydrogen-bond donors (Lipinski definition) is 1. The van der Waals surface area contributed by atoms with E-state index in [2.05, 4.69) is 39.5 Å². The summed E-state index contributed by atoms with van der Waals surface area (Å²) in [5, 5.41) is 0. The van der Waals surface area contributed by atoms with Gasteiger partial charge in [-0.25, -0.2) is 0 Å². The molecule has 4 aliphatic carbocycles. The van der Waals surface area contributed by atoms with Crippen LogP contribution in [0.1, 0.15) is 97.8 Å². The van der Waals surface area contributed by atoms with Gasteiger partial charge in [0.25, 0.3) is 0 Å². The number of hydrogen-bond acceptors (Lipinski definition) is 1.